The molecule has 0 unspecified atom stereocenters. The molecule has 0 spiro atoms. The lowest BCUT2D eigenvalue weighted by atomic mass is 10.0. The van der Waals surface area contributed by atoms with Crippen molar-refractivity contribution in [3.63, 3.8) is 0 Å². The maximum Gasteiger partial charge on any atom is 0.226 e. The van der Waals surface area contributed by atoms with Gasteiger partial charge in [0, 0.05) is 17.5 Å². The van der Waals surface area contributed by atoms with E-state index in [9.17, 15) is 4.39 Å². The van der Waals surface area contributed by atoms with Crippen LogP contribution in [0.4, 0.5) is 4.39 Å². The molecular weight excluding hydrogens is 267 g/mol. The van der Waals surface area contributed by atoms with Crippen molar-refractivity contribution in [3.05, 3.63) is 54.2 Å². The van der Waals surface area contributed by atoms with Crippen LogP contribution in [0.5, 0.6) is 0 Å². The van der Waals surface area contributed by atoms with E-state index in [1.807, 2.05) is 18.2 Å². The summed E-state index contributed by atoms with van der Waals surface area (Å²) < 4.78 is 19.4. The Labute approximate surface area is 122 Å². The van der Waals surface area contributed by atoms with Crippen molar-refractivity contribution >= 4 is 10.8 Å². The van der Waals surface area contributed by atoms with Crippen molar-refractivity contribution in [2.24, 2.45) is 0 Å². The largest absolute Gasteiger partial charge is 0.444 e. The van der Waals surface area contributed by atoms with Crippen LogP contribution >= 0.6 is 0 Å². The van der Waals surface area contributed by atoms with Crippen LogP contribution in [0.3, 0.4) is 0 Å². The predicted molar refractivity (Wildman–Crippen MR) is 81.4 cm³/mol. The van der Waals surface area contributed by atoms with Crippen molar-refractivity contribution in [3.8, 4) is 11.5 Å². The van der Waals surface area contributed by atoms with Crippen LogP contribution in [0.1, 0.15) is 19.0 Å². The molecule has 0 aliphatic rings. The Kier molecular flexibility index (Phi) is 3.97. The van der Waals surface area contributed by atoms with Gasteiger partial charge in [-0.3, -0.25) is 0 Å². The third kappa shape index (κ3) is 2.81. The average molecular weight is 284 g/mol. The van der Waals surface area contributed by atoms with Crippen LogP contribution in [0.15, 0.2) is 47.1 Å². The molecule has 0 fully saturated rings. The summed E-state index contributed by atoms with van der Waals surface area (Å²) in [4.78, 5) is 4.48. The molecule has 0 aliphatic heterocycles. The first-order valence-corrected chi connectivity index (χ1v) is 7.12. The molecule has 1 heterocycles. The SMILES string of the molecule is CCCNCc1coc(-c2ccc(F)c3ccccc23)n1. The molecule has 0 aliphatic carbocycles. The zero-order valence-corrected chi connectivity index (χ0v) is 11.9. The molecule has 21 heavy (non-hydrogen) atoms. The monoisotopic (exact) mass is 284 g/mol. The quantitative estimate of drug-likeness (QED) is 0.716. The Morgan fingerprint density at radius 2 is 1.95 bits per heavy atom. The molecule has 3 rings (SSSR count). The number of rotatable bonds is 5. The molecule has 108 valence electrons. The Hall–Kier alpha value is -2.20. The molecule has 2 aromatic carbocycles. The summed E-state index contributed by atoms with van der Waals surface area (Å²) in [5.41, 5.74) is 1.67. The second-order valence-corrected chi connectivity index (χ2v) is 4.96. The van der Waals surface area contributed by atoms with E-state index in [-0.39, 0.29) is 5.82 Å². The van der Waals surface area contributed by atoms with E-state index < -0.39 is 0 Å². The standard InChI is InChI=1S/C17H17FN2O/c1-2-9-19-10-12-11-21-17(20-12)15-7-8-16(18)14-6-4-3-5-13(14)15/h3-8,11,19H,2,9-10H2,1H3. The summed E-state index contributed by atoms with van der Waals surface area (Å²) in [6, 6.07) is 10.5. The molecule has 3 aromatic rings. The number of nitrogens with zero attached hydrogens (tertiary/aromatic N) is 1. The summed E-state index contributed by atoms with van der Waals surface area (Å²) in [6.45, 7) is 3.74. The summed E-state index contributed by atoms with van der Waals surface area (Å²) in [5, 5.41) is 4.67. The molecule has 1 aromatic heterocycles. The van der Waals surface area contributed by atoms with Crippen LogP contribution in [-0.4, -0.2) is 11.5 Å². The topological polar surface area (TPSA) is 38.1 Å². The molecule has 1 N–H and O–H groups in total. The van der Waals surface area contributed by atoms with Crippen LogP contribution in [0.25, 0.3) is 22.2 Å². The molecule has 0 atom stereocenters. The van der Waals surface area contributed by atoms with E-state index in [0.717, 1.165) is 29.6 Å². The highest BCUT2D eigenvalue weighted by molar-refractivity contribution is 5.95. The van der Waals surface area contributed by atoms with Gasteiger partial charge in [0.15, 0.2) is 0 Å². The molecular formula is C17H17FN2O. The van der Waals surface area contributed by atoms with E-state index in [1.54, 1.807) is 18.4 Å². The van der Waals surface area contributed by atoms with Gasteiger partial charge in [-0.05, 0) is 30.5 Å². The first-order valence-electron chi connectivity index (χ1n) is 7.12. The Morgan fingerprint density at radius 3 is 2.76 bits per heavy atom. The van der Waals surface area contributed by atoms with Gasteiger partial charge >= 0.3 is 0 Å². The second kappa shape index (κ2) is 6.06. The minimum atomic E-state index is -0.231. The normalized spacial score (nSPS) is 11.1. The Bertz CT molecular complexity index is 751. The fourth-order valence-electron chi connectivity index (χ4n) is 2.35. The molecule has 0 amide bonds. The summed E-state index contributed by atoms with van der Waals surface area (Å²) >= 11 is 0. The van der Waals surface area contributed by atoms with E-state index in [0.29, 0.717) is 17.8 Å². The Morgan fingerprint density at radius 1 is 1.14 bits per heavy atom. The molecule has 0 saturated carbocycles. The number of aromatic nitrogens is 1. The van der Waals surface area contributed by atoms with Gasteiger partial charge in [-0.2, -0.15) is 0 Å². The molecule has 0 radical (unpaired) electrons. The van der Waals surface area contributed by atoms with Gasteiger partial charge < -0.3 is 9.73 Å². The highest BCUT2D eigenvalue weighted by Gasteiger charge is 2.12. The number of hydrogen-bond acceptors (Lipinski definition) is 3. The van der Waals surface area contributed by atoms with E-state index >= 15 is 0 Å². The molecule has 3 nitrogen and oxygen atoms in total. The van der Waals surface area contributed by atoms with Crippen molar-refractivity contribution in [2.75, 3.05) is 6.54 Å². The van der Waals surface area contributed by atoms with Gasteiger partial charge in [0.05, 0.1) is 5.69 Å². The molecule has 0 saturated heterocycles. The first kappa shape index (κ1) is 13.8. The number of benzene rings is 2. The maximum absolute atomic E-state index is 13.8. The maximum atomic E-state index is 13.8. The van der Waals surface area contributed by atoms with Crippen molar-refractivity contribution < 1.29 is 8.81 Å². The highest BCUT2D eigenvalue weighted by Crippen LogP contribution is 2.29. The predicted octanol–water partition coefficient (Wildman–Crippen LogP) is 4.13. The van der Waals surface area contributed by atoms with Gasteiger partial charge in [-0.15, -0.1) is 0 Å². The minimum Gasteiger partial charge on any atom is -0.444 e. The van der Waals surface area contributed by atoms with Gasteiger partial charge in [0.2, 0.25) is 5.89 Å². The number of fused-ring (bicyclic) bond motifs is 1. The Balaban J connectivity index is 1.96. The lowest BCUT2D eigenvalue weighted by molar-refractivity contribution is 0.570. The summed E-state index contributed by atoms with van der Waals surface area (Å²) in [5.74, 6) is 0.297. The number of nitrogens with one attached hydrogen (secondary N) is 1. The lowest BCUT2D eigenvalue weighted by Gasteiger charge is -2.04. The van der Waals surface area contributed by atoms with Gasteiger partial charge in [0.1, 0.15) is 12.1 Å². The van der Waals surface area contributed by atoms with Crippen molar-refractivity contribution in [1.82, 2.24) is 10.3 Å². The van der Waals surface area contributed by atoms with Gasteiger partial charge in [-0.1, -0.05) is 31.2 Å². The van der Waals surface area contributed by atoms with Crippen molar-refractivity contribution in [1.29, 1.82) is 0 Å². The van der Waals surface area contributed by atoms with Gasteiger partial charge in [-0.25, -0.2) is 9.37 Å². The minimum absolute atomic E-state index is 0.231. The van der Waals surface area contributed by atoms with Crippen LogP contribution in [0.2, 0.25) is 0 Å². The van der Waals surface area contributed by atoms with Crippen molar-refractivity contribution in [2.45, 2.75) is 19.9 Å². The highest BCUT2D eigenvalue weighted by atomic mass is 19.1. The molecule has 0 bridgehead atoms. The zero-order valence-electron chi connectivity index (χ0n) is 11.9. The third-order valence-corrected chi connectivity index (χ3v) is 3.39. The first-order chi connectivity index (χ1) is 10.3. The van der Waals surface area contributed by atoms with Gasteiger partial charge in [0.25, 0.3) is 0 Å². The lowest BCUT2D eigenvalue weighted by Crippen LogP contribution is -2.13. The number of hydrogen-bond donors (Lipinski definition) is 1. The summed E-state index contributed by atoms with van der Waals surface area (Å²) in [6.07, 6.45) is 2.73. The third-order valence-electron chi connectivity index (χ3n) is 3.39. The fraction of sp³-hybridized carbons (Fsp3) is 0.235. The van der Waals surface area contributed by atoms with Crippen LogP contribution in [-0.2, 0) is 6.54 Å². The van der Waals surface area contributed by atoms with Crippen LogP contribution < -0.4 is 5.32 Å². The number of oxazole rings is 1. The van der Waals surface area contributed by atoms with E-state index in [4.69, 9.17) is 4.42 Å². The van der Waals surface area contributed by atoms with E-state index in [1.165, 1.54) is 6.07 Å². The fourth-order valence-corrected chi connectivity index (χ4v) is 2.35. The average Bonchev–Trinajstić information content (AvgIpc) is 2.97. The van der Waals surface area contributed by atoms with E-state index in [2.05, 4.69) is 17.2 Å². The van der Waals surface area contributed by atoms with Crippen LogP contribution in [0, 0.1) is 5.82 Å². The zero-order chi connectivity index (χ0) is 14.7. The molecule has 4 heteroatoms. The summed E-state index contributed by atoms with van der Waals surface area (Å²) in [7, 11) is 0. The smallest absolute Gasteiger partial charge is 0.226 e. The second-order valence-electron chi connectivity index (χ2n) is 4.96. The number of halogens is 1.